The summed E-state index contributed by atoms with van der Waals surface area (Å²) in [6.45, 7) is 0.448. The van der Waals surface area contributed by atoms with Gasteiger partial charge in [-0.15, -0.1) is 0 Å². The Morgan fingerprint density at radius 1 is 1.36 bits per heavy atom. The molecule has 0 aliphatic carbocycles. The third-order valence-electron chi connectivity index (χ3n) is 3.91. The molecule has 1 aromatic heterocycles. The van der Waals surface area contributed by atoms with Gasteiger partial charge in [0.1, 0.15) is 5.69 Å². The van der Waals surface area contributed by atoms with Gasteiger partial charge in [0.15, 0.2) is 11.4 Å². The molecule has 8 heteroatoms. The Morgan fingerprint density at radius 2 is 2.14 bits per heavy atom. The van der Waals surface area contributed by atoms with Gasteiger partial charge in [0.25, 0.3) is 5.91 Å². The van der Waals surface area contributed by atoms with Crippen molar-refractivity contribution < 1.29 is 24.5 Å². The van der Waals surface area contributed by atoms with E-state index < -0.39 is 18.6 Å². The summed E-state index contributed by atoms with van der Waals surface area (Å²) in [7, 11) is 0.0320. The van der Waals surface area contributed by atoms with Gasteiger partial charge in [0, 0.05) is 31.6 Å². The topological polar surface area (TPSA) is 107 Å². The van der Waals surface area contributed by atoms with Crippen molar-refractivity contribution in [3.63, 3.8) is 0 Å². The molecule has 1 saturated heterocycles. The van der Waals surface area contributed by atoms with E-state index in [1.54, 1.807) is 31.3 Å². The number of amides is 1. The number of benzene rings is 1. The second-order valence-electron chi connectivity index (χ2n) is 5.41. The number of likely N-dealkylation sites (N-methyl/N-ethyl adjacent to an activating group) is 1. The number of carbonyl (C=O) groups is 1. The van der Waals surface area contributed by atoms with Crippen LogP contribution in [0, 0.1) is 0 Å². The Hall–Kier alpha value is -2.16. The molecule has 1 aliphatic rings. The molecule has 0 spiro atoms. The smallest absolute Gasteiger partial charge is 0.423 e. The summed E-state index contributed by atoms with van der Waals surface area (Å²) >= 11 is 0. The summed E-state index contributed by atoms with van der Waals surface area (Å²) in [5.41, 5.74) is -0.616. The van der Waals surface area contributed by atoms with Gasteiger partial charge in [-0.1, -0.05) is 29.4 Å². The lowest BCUT2D eigenvalue weighted by atomic mass is 9.79. The van der Waals surface area contributed by atoms with Gasteiger partial charge in [0.05, 0.1) is 0 Å². The van der Waals surface area contributed by atoms with Crippen molar-refractivity contribution in [1.82, 2.24) is 10.1 Å². The molecule has 1 aliphatic heterocycles. The molecule has 3 rings (SSSR count). The molecule has 0 bridgehead atoms. The van der Waals surface area contributed by atoms with E-state index in [9.17, 15) is 19.9 Å². The molecule has 3 N–H and O–H groups in total. The van der Waals surface area contributed by atoms with Crippen molar-refractivity contribution in [1.29, 1.82) is 0 Å². The number of likely N-dealkylation sites (tertiary alicyclic amines) is 1. The van der Waals surface area contributed by atoms with E-state index in [0.29, 0.717) is 23.3 Å². The van der Waals surface area contributed by atoms with Crippen LogP contribution in [0.2, 0.25) is 0 Å². The van der Waals surface area contributed by atoms with Gasteiger partial charge >= 0.3 is 7.12 Å². The summed E-state index contributed by atoms with van der Waals surface area (Å²) in [6.07, 6.45) is 0.254. The molecule has 0 radical (unpaired) electrons. The van der Waals surface area contributed by atoms with Crippen molar-refractivity contribution in [2.75, 3.05) is 13.6 Å². The highest BCUT2D eigenvalue weighted by molar-refractivity contribution is 6.58. The number of aromatic nitrogens is 1. The molecule has 1 atom stereocenters. The highest BCUT2D eigenvalue weighted by Crippen LogP contribution is 2.33. The minimum atomic E-state index is -1.66. The average molecular weight is 302 g/mol. The molecule has 1 amide bonds. The van der Waals surface area contributed by atoms with Crippen LogP contribution < -0.4 is 5.46 Å². The number of rotatable bonds is 3. The second-order valence-corrected chi connectivity index (χ2v) is 5.41. The van der Waals surface area contributed by atoms with Crippen LogP contribution in [0.25, 0.3) is 11.3 Å². The highest BCUT2D eigenvalue weighted by atomic mass is 16.5. The Balaban J connectivity index is 1.95. The summed E-state index contributed by atoms with van der Waals surface area (Å²) in [4.78, 5) is 13.5. The van der Waals surface area contributed by atoms with E-state index in [2.05, 4.69) is 5.16 Å². The van der Waals surface area contributed by atoms with Gasteiger partial charge in [-0.25, -0.2) is 0 Å². The van der Waals surface area contributed by atoms with Crippen molar-refractivity contribution >= 4 is 18.5 Å². The lowest BCUT2D eigenvalue weighted by Gasteiger charge is -2.16. The second kappa shape index (κ2) is 5.24. The van der Waals surface area contributed by atoms with Crippen LogP contribution in [0.4, 0.5) is 0 Å². The summed E-state index contributed by atoms with van der Waals surface area (Å²) in [5.74, 6) is -0.0693. The molecule has 114 valence electrons. The van der Waals surface area contributed by atoms with Crippen molar-refractivity contribution in [3.8, 4) is 11.3 Å². The number of nitrogens with zero attached hydrogens (tertiary/aromatic N) is 2. The van der Waals surface area contributed by atoms with E-state index >= 15 is 0 Å². The lowest BCUT2D eigenvalue weighted by Crippen LogP contribution is -2.36. The maximum Gasteiger partial charge on any atom is 0.488 e. The van der Waals surface area contributed by atoms with E-state index in [1.807, 2.05) is 0 Å². The van der Waals surface area contributed by atoms with Crippen LogP contribution in [0.3, 0.4) is 0 Å². The van der Waals surface area contributed by atoms with Gasteiger partial charge in [-0.2, -0.15) is 0 Å². The zero-order chi connectivity index (χ0) is 15.9. The highest BCUT2D eigenvalue weighted by Gasteiger charge is 2.47. The predicted octanol–water partition coefficient (Wildman–Crippen LogP) is -0.929. The Bertz CT molecular complexity index is 717. The lowest BCUT2D eigenvalue weighted by molar-refractivity contribution is -0.143. The predicted molar refractivity (Wildman–Crippen MR) is 77.9 cm³/mol. The first-order chi connectivity index (χ1) is 10.4. The molecule has 22 heavy (non-hydrogen) atoms. The Kier molecular flexibility index (Phi) is 3.52. The minimum absolute atomic E-state index is 0.159. The number of carbonyl (C=O) groups excluding carboxylic acids is 1. The maximum atomic E-state index is 12.0. The Morgan fingerprint density at radius 3 is 2.77 bits per heavy atom. The zero-order valence-electron chi connectivity index (χ0n) is 11.9. The summed E-state index contributed by atoms with van der Waals surface area (Å²) < 4.78 is 5.20. The van der Waals surface area contributed by atoms with Crippen molar-refractivity contribution in [3.05, 3.63) is 36.0 Å². The largest absolute Gasteiger partial charge is 0.488 e. The fourth-order valence-corrected chi connectivity index (χ4v) is 2.55. The van der Waals surface area contributed by atoms with Gasteiger partial charge in [-0.05, 0) is 5.46 Å². The quantitative estimate of drug-likeness (QED) is 0.633. The van der Waals surface area contributed by atoms with Crippen LogP contribution in [0.5, 0.6) is 0 Å². The van der Waals surface area contributed by atoms with E-state index in [0.717, 1.165) is 0 Å². The van der Waals surface area contributed by atoms with Crippen LogP contribution in [0.1, 0.15) is 12.1 Å². The number of hydrogen-bond donors (Lipinski definition) is 3. The minimum Gasteiger partial charge on any atom is -0.423 e. The van der Waals surface area contributed by atoms with E-state index in [1.165, 1.54) is 11.0 Å². The molecule has 1 fully saturated rings. The first-order valence-electron chi connectivity index (χ1n) is 6.83. The maximum absolute atomic E-state index is 12.0. The third-order valence-corrected chi connectivity index (χ3v) is 3.91. The van der Waals surface area contributed by atoms with Crippen LogP contribution in [-0.2, 0) is 10.4 Å². The zero-order valence-corrected chi connectivity index (χ0v) is 11.9. The van der Waals surface area contributed by atoms with Gasteiger partial charge in [-0.3, -0.25) is 4.79 Å². The average Bonchev–Trinajstić information content (AvgIpc) is 3.10. The molecule has 0 saturated carbocycles. The van der Waals surface area contributed by atoms with Gasteiger partial charge < -0.3 is 24.6 Å². The van der Waals surface area contributed by atoms with Crippen LogP contribution in [-0.4, -0.2) is 51.8 Å². The fraction of sp³-hybridized carbons (Fsp3) is 0.286. The summed E-state index contributed by atoms with van der Waals surface area (Å²) in [6, 6.07) is 7.97. The normalized spacial score (nSPS) is 21.5. The van der Waals surface area contributed by atoms with Crippen LogP contribution >= 0.6 is 0 Å². The SMILES string of the molecule is CN1CC[C@@](O)(c2cc(-c3cccc(B(O)O)c3)on2)C1=O. The van der Waals surface area contributed by atoms with Gasteiger partial charge in [0.2, 0.25) is 0 Å². The fourth-order valence-electron chi connectivity index (χ4n) is 2.55. The van der Waals surface area contributed by atoms with E-state index in [4.69, 9.17) is 4.52 Å². The molecule has 2 aromatic rings. The Labute approximate surface area is 126 Å². The number of hydrogen-bond acceptors (Lipinski definition) is 6. The molecule has 2 heterocycles. The molecular weight excluding hydrogens is 287 g/mol. The van der Waals surface area contributed by atoms with Crippen molar-refractivity contribution in [2.24, 2.45) is 0 Å². The molecular formula is C14H15BN2O5. The third kappa shape index (κ3) is 2.31. The first-order valence-corrected chi connectivity index (χ1v) is 6.83. The van der Waals surface area contributed by atoms with Crippen LogP contribution in [0.15, 0.2) is 34.9 Å². The molecule has 0 unspecified atom stereocenters. The number of aliphatic hydroxyl groups is 1. The molecule has 7 nitrogen and oxygen atoms in total. The summed E-state index contributed by atoms with van der Waals surface area (Å²) in [5, 5.41) is 32.7. The molecule has 1 aromatic carbocycles. The standard InChI is InChI=1S/C14H15BN2O5/c1-17-6-5-14(19,13(17)18)12-8-11(22-16-12)9-3-2-4-10(7-9)15(20)21/h2-4,7-8,19-21H,5-6H2,1H3/t14-/m1/s1. The first kappa shape index (κ1) is 14.8. The van der Waals surface area contributed by atoms with E-state index in [-0.39, 0.29) is 12.1 Å². The monoisotopic (exact) mass is 302 g/mol. The van der Waals surface area contributed by atoms with Crippen molar-refractivity contribution in [2.45, 2.75) is 12.0 Å².